The van der Waals surface area contributed by atoms with Crippen LogP contribution in [0.4, 0.5) is 0 Å². The zero-order chi connectivity index (χ0) is 13.1. The van der Waals surface area contributed by atoms with Crippen molar-refractivity contribution in [3.63, 3.8) is 0 Å². The second-order valence-corrected chi connectivity index (χ2v) is 7.50. The van der Waals surface area contributed by atoms with Crippen molar-refractivity contribution in [2.24, 2.45) is 5.41 Å². The van der Waals surface area contributed by atoms with Gasteiger partial charge in [0, 0.05) is 18.7 Å². The molecule has 2 fully saturated rings. The molecule has 1 saturated heterocycles. The lowest BCUT2D eigenvalue weighted by atomic mass is 9.70. The number of hydrogen-bond donors (Lipinski definition) is 1. The Morgan fingerprint density at radius 1 is 1.11 bits per heavy atom. The van der Waals surface area contributed by atoms with Gasteiger partial charge in [-0.05, 0) is 58.3 Å². The quantitative estimate of drug-likeness (QED) is 0.820. The molecule has 0 amide bonds. The maximum Gasteiger partial charge on any atom is 0.0581 e. The van der Waals surface area contributed by atoms with Crippen molar-refractivity contribution in [2.75, 3.05) is 13.2 Å². The molecule has 1 atom stereocenters. The molecule has 1 N–H and O–H groups in total. The molecule has 0 bridgehead atoms. The van der Waals surface area contributed by atoms with Gasteiger partial charge in [-0.1, -0.05) is 19.3 Å². The van der Waals surface area contributed by atoms with Crippen LogP contribution in [0.2, 0.25) is 0 Å². The minimum atomic E-state index is 0.237. The molecule has 2 aliphatic rings. The molecule has 0 aromatic heterocycles. The predicted octanol–water partition coefficient (Wildman–Crippen LogP) is 3.89. The summed E-state index contributed by atoms with van der Waals surface area (Å²) in [5, 5.41) is 3.75. The minimum absolute atomic E-state index is 0.237. The van der Waals surface area contributed by atoms with Crippen LogP contribution in [0.3, 0.4) is 0 Å². The van der Waals surface area contributed by atoms with E-state index in [9.17, 15) is 0 Å². The average molecular weight is 253 g/mol. The predicted molar refractivity (Wildman–Crippen MR) is 76.9 cm³/mol. The van der Waals surface area contributed by atoms with Gasteiger partial charge in [0.15, 0.2) is 0 Å². The Bertz CT molecular complexity index is 244. The van der Waals surface area contributed by atoms with Crippen LogP contribution in [0.25, 0.3) is 0 Å². The zero-order valence-corrected chi connectivity index (χ0v) is 12.6. The minimum Gasteiger partial charge on any atom is -0.378 e. The third kappa shape index (κ3) is 4.24. The Labute approximate surface area is 113 Å². The standard InChI is InChI=1S/C16H31NO/c1-15(2,3)17-13-16(9-5-4-6-10-16)12-14-8-7-11-18-14/h14,17H,4-13H2,1-3H3. The first-order valence-corrected chi connectivity index (χ1v) is 7.86. The largest absolute Gasteiger partial charge is 0.378 e. The van der Waals surface area contributed by atoms with Crippen LogP contribution in [0.1, 0.15) is 72.1 Å². The van der Waals surface area contributed by atoms with Crippen molar-refractivity contribution >= 4 is 0 Å². The third-order valence-electron chi connectivity index (χ3n) is 4.59. The van der Waals surface area contributed by atoms with Gasteiger partial charge >= 0.3 is 0 Å². The van der Waals surface area contributed by atoms with Crippen molar-refractivity contribution in [2.45, 2.75) is 83.8 Å². The summed E-state index contributed by atoms with van der Waals surface area (Å²) in [5.41, 5.74) is 0.752. The van der Waals surface area contributed by atoms with Gasteiger partial charge in [-0.15, -0.1) is 0 Å². The van der Waals surface area contributed by atoms with Crippen LogP contribution in [0, 0.1) is 5.41 Å². The van der Waals surface area contributed by atoms with E-state index in [1.165, 1.54) is 57.9 Å². The summed E-state index contributed by atoms with van der Waals surface area (Å²) >= 11 is 0. The third-order valence-corrected chi connectivity index (χ3v) is 4.59. The summed E-state index contributed by atoms with van der Waals surface area (Å²) < 4.78 is 5.88. The van der Waals surface area contributed by atoms with Gasteiger partial charge in [0.1, 0.15) is 0 Å². The van der Waals surface area contributed by atoms with E-state index in [1.807, 2.05) is 0 Å². The molecule has 2 heteroatoms. The second kappa shape index (κ2) is 5.92. The highest BCUT2D eigenvalue weighted by molar-refractivity contribution is 4.90. The molecule has 1 unspecified atom stereocenters. The average Bonchev–Trinajstić information content (AvgIpc) is 2.80. The van der Waals surface area contributed by atoms with Gasteiger partial charge in [-0.2, -0.15) is 0 Å². The Morgan fingerprint density at radius 2 is 1.83 bits per heavy atom. The van der Waals surface area contributed by atoms with Crippen LogP contribution in [-0.2, 0) is 4.74 Å². The fourth-order valence-corrected chi connectivity index (χ4v) is 3.50. The summed E-state index contributed by atoms with van der Waals surface area (Å²) in [6.07, 6.45) is 11.5. The molecule has 0 aromatic carbocycles. The highest BCUT2D eigenvalue weighted by atomic mass is 16.5. The molecule has 0 aromatic rings. The summed E-state index contributed by atoms with van der Waals surface area (Å²) in [5.74, 6) is 0. The number of ether oxygens (including phenoxy) is 1. The van der Waals surface area contributed by atoms with Gasteiger partial charge in [0.05, 0.1) is 6.10 Å². The topological polar surface area (TPSA) is 21.3 Å². The fourth-order valence-electron chi connectivity index (χ4n) is 3.50. The van der Waals surface area contributed by atoms with Gasteiger partial charge < -0.3 is 10.1 Å². The Morgan fingerprint density at radius 3 is 2.39 bits per heavy atom. The molecule has 106 valence electrons. The molecule has 1 saturated carbocycles. The maximum atomic E-state index is 5.88. The smallest absolute Gasteiger partial charge is 0.0581 e. The summed E-state index contributed by atoms with van der Waals surface area (Å²) in [6.45, 7) is 8.99. The van der Waals surface area contributed by atoms with E-state index in [4.69, 9.17) is 4.74 Å². The van der Waals surface area contributed by atoms with Crippen molar-refractivity contribution < 1.29 is 4.74 Å². The van der Waals surface area contributed by atoms with E-state index in [1.54, 1.807) is 0 Å². The highest BCUT2D eigenvalue weighted by Crippen LogP contribution is 2.42. The van der Waals surface area contributed by atoms with E-state index in [2.05, 4.69) is 26.1 Å². The first-order valence-electron chi connectivity index (χ1n) is 7.86. The van der Waals surface area contributed by atoms with Crippen molar-refractivity contribution in [1.82, 2.24) is 5.32 Å². The first kappa shape index (κ1) is 14.3. The Kier molecular flexibility index (Phi) is 4.71. The molecule has 2 rings (SSSR count). The SMILES string of the molecule is CC(C)(C)NCC1(CC2CCCO2)CCCCC1. The van der Waals surface area contributed by atoms with E-state index in [-0.39, 0.29) is 5.54 Å². The molecular formula is C16H31NO. The number of rotatable bonds is 4. The van der Waals surface area contributed by atoms with E-state index >= 15 is 0 Å². The molecule has 1 heterocycles. The van der Waals surface area contributed by atoms with Gasteiger partial charge in [0.25, 0.3) is 0 Å². The second-order valence-electron chi connectivity index (χ2n) is 7.50. The Balaban J connectivity index is 1.93. The number of nitrogens with one attached hydrogen (secondary N) is 1. The van der Waals surface area contributed by atoms with Crippen molar-refractivity contribution in [1.29, 1.82) is 0 Å². The monoisotopic (exact) mass is 253 g/mol. The molecule has 18 heavy (non-hydrogen) atoms. The first-order chi connectivity index (χ1) is 8.49. The van der Waals surface area contributed by atoms with Crippen LogP contribution >= 0.6 is 0 Å². The lowest BCUT2D eigenvalue weighted by molar-refractivity contribution is 0.0399. The van der Waals surface area contributed by atoms with Crippen molar-refractivity contribution in [3.8, 4) is 0 Å². The number of hydrogen-bond acceptors (Lipinski definition) is 2. The summed E-state index contributed by atoms with van der Waals surface area (Å²) in [6, 6.07) is 0. The molecule has 0 radical (unpaired) electrons. The molecule has 1 aliphatic heterocycles. The van der Waals surface area contributed by atoms with Crippen molar-refractivity contribution in [3.05, 3.63) is 0 Å². The molecule has 2 nitrogen and oxygen atoms in total. The fraction of sp³-hybridized carbons (Fsp3) is 1.00. The highest BCUT2D eigenvalue weighted by Gasteiger charge is 2.36. The van der Waals surface area contributed by atoms with Gasteiger partial charge in [0.2, 0.25) is 0 Å². The zero-order valence-electron chi connectivity index (χ0n) is 12.6. The maximum absolute atomic E-state index is 5.88. The summed E-state index contributed by atoms with van der Waals surface area (Å²) in [4.78, 5) is 0. The van der Waals surface area contributed by atoms with Crippen LogP contribution < -0.4 is 5.32 Å². The normalized spacial score (nSPS) is 28.5. The molecular weight excluding hydrogens is 222 g/mol. The summed E-state index contributed by atoms with van der Waals surface area (Å²) in [7, 11) is 0. The van der Waals surface area contributed by atoms with E-state index < -0.39 is 0 Å². The van der Waals surface area contributed by atoms with E-state index in [0.29, 0.717) is 11.5 Å². The molecule has 0 spiro atoms. The van der Waals surface area contributed by atoms with Crippen LogP contribution in [-0.4, -0.2) is 24.8 Å². The molecule has 1 aliphatic carbocycles. The van der Waals surface area contributed by atoms with E-state index in [0.717, 1.165) is 6.61 Å². The lowest BCUT2D eigenvalue weighted by Gasteiger charge is -2.41. The Hall–Kier alpha value is -0.0800. The lowest BCUT2D eigenvalue weighted by Crippen LogP contribution is -2.46. The van der Waals surface area contributed by atoms with Gasteiger partial charge in [-0.25, -0.2) is 0 Å². The van der Waals surface area contributed by atoms with Crippen LogP contribution in [0.5, 0.6) is 0 Å². The van der Waals surface area contributed by atoms with Gasteiger partial charge in [-0.3, -0.25) is 0 Å². The van der Waals surface area contributed by atoms with Crippen LogP contribution in [0.15, 0.2) is 0 Å².